The maximum atomic E-state index is 12.1. The first-order valence-corrected chi connectivity index (χ1v) is 6.69. The van der Waals surface area contributed by atoms with Crippen LogP contribution in [-0.2, 0) is 4.79 Å². The zero-order valence-electron chi connectivity index (χ0n) is 12.6. The molecule has 0 saturated carbocycles. The van der Waals surface area contributed by atoms with Gasteiger partial charge in [-0.25, -0.2) is 0 Å². The Kier molecular flexibility index (Phi) is 6.04. The largest absolute Gasteiger partial charge is 0.483 e. The van der Waals surface area contributed by atoms with Gasteiger partial charge in [0.25, 0.3) is 5.91 Å². The van der Waals surface area contributed by atoms with E-state index in [4.69, 9.17) is 4.74 Å². The summed E-state index contributed by atoms with van der Waals surface area (Å²) in [5, 5.41) is 0. The number of ether oxygens (including phenoxy) is 1. The van der Waals surface area contributed by atoms with Crippen LogP contribution in [0.4, 0.5) is 0 Å². The molecule has 0 bridgehead atoms. The zero-order valence-corrected chi connectivity index (χ0v) is 12.6. The Balaban J connectivity index is 2.73. The molecule has 0 spiro atoms. The summed E-state index contributed by atoms with van der Waals surface area (Å²) in [5.41, 5.74) is 3.29. The summed E-state index contributed by atoms with van der Waals surface area (Å²) in [5.74, 6) is 0.727. The smallest absolute Gasteiger partial charge is 0.261 e. The van der Waals surface area contributed by atoms with Gasteiger partial charge < -0.3 is 9.64 Å². The van der Waals surface area contributed by atoms with Crippen LogP contribution in [0.3, 0.4) is 0 Å². The minimum atomic E-state index is -0.0656. The third-order valence-corrected chi connectivity index (χ3v) is 3.00. The van der Waals surface area contributed by atoms with E-state index in [1.54, 1.807) is 17.1 Å². The van der Waals surface area contributed by atoms with E-state index in [1.165, 1.54) is 5.56 Å². The summed E-state index contributed by atoms with van der Waals surface area (Å²) >= 11 is 0. The predicted octanol–water partition coefficient (Wildman–Crippen LogP) is 3.19. The van der Waals surface area contributed by atoms with E-state index in [0.29, 0.717) is 13.1 Å². The highest BCUT2D eigenvalue weighted by Gasteiger charge is 2.13. The van der Waals surface area contributed by atoms with E-state index < -0.39 is 0 Å². The summed E-state index contributed by atoms with van der Waals surface area (Å²) in [6.07, 6.45) is 3.40. The van der Waals surface area contributed by atoms with Crippen LogP contribution >= 0.6 is 0 Å². The number of aryl methyl sites for hydroxylation is 3. The van der Waals surface area contributed by atoms with Crippen molar-refractivity contribution in [3.8, 4) is 5.75 Å². The normalized spacial score (nSPS) is 9.95. The Morgan fingerprint density at radius 3 is 2.10 bits per heavy atom. The van der Waals surface area contributed by atoms with Gasteiger partial charge in [0, 0.05) is 13.1 Å². The Hall–Kier alpha value is -2.03. The minimum absolute atomic E-state index is 0.0341. The summed E-state index contributed by atoms with van der Waals surface area (Å²) in [7, 11) is 0. The summed E-state index contributed by atoms with van der Waals surface area (Å²) < 4.78 is 5.70. The Bertz CT molecular complexity index is 473. The van der Waals surface area contributed by atoms with E-state index in [1.807, 2.05) is 20.8 Å². The van der Waals surface area contributed by atoms with E-state index in [9.17, 15) is 4.79 Å². The highest BCUT2D eigenvalue weighted by atomic mass is 16.5. The molecule has 0 radical (unpaired) electrons. The third kappa shape index (κ3) is 4.26. The zero-order chi connectivity index (χ0) is 15.1. The lowest BCUT2D eigenvalue weighted by Crippen LogP contribution is -2.35. The summed E-state index contributed by atoms with van der Waals surface area (Å²) in [4.78, 5) is 13.7. The maximum absolute atomic E-state index is 12.1. The molecular weight excluding hydrogens is 250 g/mol. The molecular formula is C17H23NO2. The molecule has 108 valence electrons. The number of benzene rings is 1. The van der Waals surface area contributed by atoms with Gasteiger partial charge in [0.1, 0.15) is 5.75 Å². The molecule has 20 heavy (non-hydrogen) atoms. The van der Waals surface area contributed by atoms with Crippen molar-refractivity contribution < 1.29 is 9.53 Å². The average molecular weight is 273 g/mol. The van der Waals surface area contributed by atoms with Gasteiger partial charge in [-0.05, 0) is 31.9 Å². The number of rotatable bonds is 7. The molecule has 0 heterocycles. The summed E-state index contributed by atoms with van der Waals surface area (Å²) in [6, 6.07) is 4.11. The molecule has 1 rings (SSSR count). The van der Waals surface area contributed by atoms with Gasteiger partial charge in [0.05, 0.1) is 0 Å². The number of hydrogen-bond acceptors (Lipinski definition) is 2. The van der Waals surface area contributed by atoms with E-state index >= 15 is 0 Å². The van der Waals surface area contributed by atoms with Gasteiger partial charge in [-0.1, -0.05) is 29.8 Å². The molecule has 1 amide bonds. The second-order valence-electron chi connectivity index (χ2n) is 4.89. The molecule has 0 unspecified atom stereocenters. The third-order valence-electron chi connectivity index (χ3n) is 3.00. The molecule has 0 N–H and O–H groups in total. The number of amides is 1. The molecule has 0 aliphatic rings. The predicted molar refractivity (Wildman–Crippen MR) is 83.1 cm³/mol. The molecule has 1 aromatic rings. The Labute approximate surface area is 121 Å². The number of nitrogens with zero attached hydrogens (tertiary/aromatic N) is 1. The highest BCUT2D eigenvalue weighted by molar-refractivity contribution is 5.78. The van der Waals surface area contributed by atoms with E-state index in [-0.39, 0.29) is 12.5 Å². The molecule has 0 saturated heterocycles. The van der Waals surface area contributed by atoms with Crippen LogP contribution in [0.2, 0.25) is 0 Å². The molecule has 0 fully saturated rings. The molecule has 0 aliphatic carbocycles. The molecule has 3 heteroatoms. The van der Waals surface area contributed by atoms with Crippen LogP contribution in [0.1, 0.15) is 16.7 Å². The lowest BCUT2D eigenvalue weighted by Gasteiger charge is -2.20. The fourth-order valence-electron chi connectivity index (χ4n) is 2.21. The van der Waals surface area contributed by atoms with Crippen molar-refractivity contribution in [3.05, 3.63) is 54.1 Å². The summed E-state index contributed by atoms with van der Waals surface area (Å²) in [6.45, 7) is 14.4. The minimum Gasteiger partial charge on any atom is -0.483 e. The van der Waals surface area contributed by atoms with Crippen LogP contribution in [0.5, 0.6) is 5.75 Å². The van der Waals surface area contributed by atoms with Crippen LogP contribution in [-0.4, -0.2) is 30.5 Å². The van der Waals surface area contributed by atoms with Gasteiger partial charge in [0.2, 0.25) is 0 Å². The van der Waals surface area contributed by atoms with Crippen molar-refractivity contribution in [1.29, 1.82) is 0 Å². The fourth-order valence-corrected chi connectivity index (χ4v) is 2.21. The van der Waals surface area contributed by atoms with Crippen molar-refractivity contribution >= 4 is 5.91 Å². The van der Waals surface area contributed by atoms with Crippen molar-refractivity contribution in [2.45, 2.75) is 20.8 Å². The monoisotopic (exact) mass is 273 g/mol. The first kappa shape index (κ1) is 16.0. The highest BCUT2D eigenvalue weighted by Crippen LogP contribution is 2.24. The van der Waals surface area contributed by atoms with E-state index in [2.05, 4.69) is 25.3 Å². The van der Waals surface area contributed by atoms with Crippen molar-refractivity contribution in [2.75, 3.05) is 19.7 Å². The number of hydrogen-bond donors (Lipinski definition) is 0. The van der Waals surface area contributed by atoms with Crippen molar-refractivity contribution in [1.82, 2.24) is 4.90 Å². The average Bonchev–Trinajstić information content (AvgIpc) is 2.37. The topological polar surface area (TPSA) is 29.5 Å². The molecule has 0 aromatic heterocycles. The fraction of sp³-hybridized carbons (Fsp3) is 0.353. The second kappa shape index (κ2) is 7.53. The molecule has 0 aliphatic heterocycles. The Morgan fingerprint density at radius 1 is 1.15 bits per heavy atom. The van der Waals surface area contributed by atoms with E-state index in [0.717, 1.165) is 16.9 Å². The SMILES string of the molecule is C=CCN(CC=C)C(=O)COc1c(C)cc(C)cc1C. The molecule has 3 nitrogen and oxygen atoms in total. The number of carbonyl (C=O) groups excluding carboxylic acids is 1. The maximum Gasteiger partial charge on any atom is 0.261 e. The van der Waals surface area contributed by atoms with Crippen LogP contribution in [0.15, 0.2) is 37.4 Å². The van der Waals surface area contributed by atoms with Gasteiger partial charge in [-0.15, -0.1) is 13.2 Å². The van der Waals surface area contributed by atoms with Gasteiger partial charge in [-0.2, -0.15) is 0 Å². The number of carbonyl (C=O) groups is 1. The standard InChI is InChI=1S/C17H23NO2/c1-6-8-18(9-7-2)16(19)12-20-17-14(4)10-13(3)11-15(17)5/h6-7,10-11H,1-2,8-9,12H2,3-5H3. The van der Waals surface area contributed by atoms with Crippen LogP contribution in [0.25, 0.3) is 0 Å². The lowest BCUT2D eigenvalue weighted by atomic mass is 10.1. The van der Waals surface area contributed by atoms with Crippen molar-refractivity contribution in [2.24, 2.45) is 0 Å². The molecule has 1 aromatic carbocycles. The molecule has 0 atom stereocenters. The van der Waals surface area contributed by atoms with Gasteiger partial charge in [-0.3, -0.25) is 4.79 Å². The van der Waals surface area contributed by atoms with Crippen LogP contribution < -0.4 is 4.74 Å². The lowest BCUT2D eigenvalue weighted by molar-refractivity contribution is -0.132. The first-order chi connectivity index (χ1) is 9.49. The van der Waals surface area contributed by atoms with Gasteiger partial charge >= 0.3 is 0 Å². The Morgan fingerprint density at radius 2 is 1.65 bits per heavy atom. The van der Waals surface area contributed by atoms with Crippen LogP contribution in [0, 0.1) is 20.8 Å². The quantitative estimate of drug-likeness (QED) is 0.714. The van der Waals surface area contributed by atoms with Crippen molar-refractivity contribution in [3.63, 3.8) is 0 Å². The van der Waals surface area contributed by atoms with Gasteiger partial charge in [0.15, 0.2) is 6.61 Å². The second-order valence-corrected chi connectivity index (χ2v) is 4.89. The first-order valence-electron chi connectivity index (χ1n) is 6.69.